The Morgan fingerprint density at radius 3 is 2.41 bits per heavy atom. The van der Waals surface area contributed by atoms with E-state index < -0.39 is 0 Å². The van der Waals surface area contributed by atoms with Crippen LogP contribution in [-0.4, -0.2) is 21.8 Å². The first-order valence-electron chi connectivity index (χ1n) is 11.1. The van der Waals surface area contributed by atoms with E-state index in [-0.39, 0.29) is 12.1 Å². The van der Waals surface area contributed by atoms with Crippen LogP contribution in [0, 0.1) is 13.8 Å². The summed E-state index contributed by atoms with van der Waals surface area (Å²) < 4.78 is 7.58. The number of halogens is 1. The van der Waals surface area contributed by atoms with Gasteiger partial charge >= 0.3 is 0 Å². The van der Waals surface area contributed by atoms with Crippen LogP contribution in [-0.2, 0) is 0 Å². The number of hydrogen-bond acceptors (Lipinski definition) is 3. The molecule has 2 atom stereocenters. The van der Waals surface area contributed by atoms with Gasteiger partial charge in [0.15, 0.2) is 5.11 Å². The van der Waals surface area contributed by atoms with Crippen molar-refractivity contribution in [3.63, 3.8) is 0 Å². The van der Waals surface area contributed by atoms with E-state index in [1.165, 1.54) is 0 Å². The van der Waals surface area contributed by atoms with Crippen LogP contribution in [0.25, 0.3) is 5.69 Å². The van der Waals surface area contributed by atoms with Crippen LogP contribution < -0.4 is 15.0 Å². The van der Waals surface area contributed by atoms with Gasteiger partial charge in [-0.05, 0) is 86.2 Å². The molecule has 3 heterocycles. The average Bonchev–Trinajstić information content (AvgIpc) is 3.35. The Bertz CT molecular complexity index is 1340. The molecule has 1 aliphatic heterocycles. The predicted octanol–water partition coefficient (Wildman–Crippen LogP) is 6.33. The van der Waals surface area contributed by atoms with Gasteiger partial charge in [0, 0.05) is 23.3 Å². The number of aryl methyl sites for hydroxylation is 1. The average molecular weight is 489 g/mol. The van der Waals surface area contributed by atoms with Gasteiger partial charge < -0.3 is 19.5 Å². The lowest BCUT2D eigenvalue weighted by atomic mass is 9.96. The molecule has 0 amide bonds. The van der Waals surface area contributed by atoms with Crippen molar-refractivity contribution in [3.8, 4) is 11.4 Å². The van der Waals surface area contributed by atoms with Gasteiger partial charge in [0.2, 0.25) is 0 Å². The van der Waals surface area contributed by atoms with Crippen molar-refractivity contribution < 1.29 is 4.74 Å². The lowest BCUT2D eigenvalue weighted by Gasteiger charge is -2.28. The molecule has 1 saturated heterocycles. The number of anilines is 1. The summed E-state index contributed by atoms with van der Waals surface area (Å²) in [7, 11) is 1.67. The quantitative estimate of drug-likeness (QED) is 0.332. The first kappa shape index (κ1) is 22.4. The molecule has 0 unspecified atom stereocenters. The molecule has 0 spiro atoms. The molecule has 1 N–H and O–H groups in total. The molecule has 0 aliphatic carbocycles. The number of para-hydroxylation sites is 1. The van der Waals surface area contributed by atoms with Crippen LogP contribution in [0.4, 0.5) is 5.69 Å². The summed E-state index contributed by atoms with van der Waals surface area (Å²) >= 11 is 12.4. The largest absolute Gasteiger partial charge is 0.497 e. The van der Waals surface area contributed by atoms with Gasteiger partial charge in [0.1, 0.15) is 5.75 Å². The van der Waals surface area contributed by atoms with Gasteiger partial charge in [-0.25, -0.2) is 0 Å². The third kappa shape index (κ3) is 3.83. The fourth-order valence-corrected chi connectivity index (χ4v) is 5.35. The van der Waals surface area contributed by atoms with Gasteiger partial charge in [-0.15, -0.1) is 0 Å². The third-order valence-electron chi connectivity index (χ3n) is 6.33. The smallest absolute Gasteiger partial charge is 0.174 e. The highest BCUT2D eigenvalue weighted by Crippen LogP contribution is 2.44. The molecule has 0 bridgehead atoms. The minimum Gasteiger partial charge on any atom is -0.497 e. The predicted molar refractivity (Wildman–Crippen MR) is 141 cm³/mol. The maximum absolute atomic E-state index is 6.59. The molecule has 2 aromatic heterocycles. The summed E-state index contributed by atoms with van der Waals surface area (Å²) in [6, 6.07) is 23.9. The molecule has 5 rings (SSSR count). The highest BCUT2D eigenvalue weighted by molar-refractivity contribution is 7.80. The van der Waals surface area contributed by atoms with E-state index in [9.17, 15) is 0 Å². The monoisotopic (exact) mass is 488 g/mol. The summed E-state index contributed by atoms with van der Waals surface area (Å²) in [4.78, 5) is 6.83. The number of benzene rings is 2. The highest BCUT2D eigenvalue weighted by atomic mass is 35.5. The summed E-state index contributed by atoms with van der Waals surface area (Å²) in [5, 5.41) is 4.90. The Balaban J connectivity index is 1.68. The van der Waals surface area contributed by atoms with E-state index in [4.69, 9.17) is 28.6 Å². The van der Waals surface area contributed by atoms with Crippen LogP contribution >= 0.6 is 23.8 Å². The zero-order valence-corrected chi connectivity index (χ0v) is 20.8. The van der Waals surface area contributed by atoms with Crippen molar-refractivity contribution in [2.45, 2.75) is 25.9 Å². The third-order valence-corrected chi connectivity index (χ3v) is 6.97. The number of hydrogen-bond donors (Lipinski definition) is 1. The second kappa shape index (κ2) is 9.12. The zero-order chi connectivity index (χ0) is 23.8. The Morgan fingerprint density at radius 2 is 1.74 bits per heavy atom. The van der Waals surface area contributed by atoms with Crippen molar-refractivity contribution in [2.75, 3.05) is 12.0 Å². The van der Waals surface area contributed by atoms with Crippen LogP contribution in [0.2, 0.25) is 5.02 Å². The maximum atomic E-state index is 6.59. The van der Waals surface area contributed by atoms with E-state index in [2.05, 4.69) is 39.7 Å². The number of thiocarbonyl (C=S) groups is 1. The van der Waals surface area contributed by atoms with Crippen LogP contribution in [0.5, 0.6) is 5.75 Å². The molecule has 2 aromatic carbocycles. The van der Waals surface area contributed by atoms with E-state index in [0.29, 0.717) is 10.1 Å². The molecular formula is C27H25ClN4OS. The fraction of sp³-hybridized carbons (Fsp3) is 0.185. The SMILES string of the molecule is COc1ccc(N2C(=S)N[C@H](c3ccccn3)[C@@H]2c2cc(C)n(-c3ccccc3Cl)c2C)cc1. The molecule has 34 heavy (non-hydrogen) atoms. The first-order valence-corrected chi connectivity index (χ1v) is 11.9. The first-order chi connectivity index (χ1) is 16.5. The Hall–Kier alpha value is -3.35. The van der Waals surface area contributed by atoms with Crippen LogP contribution in [0.15, 0.2) is 79.0 Å². The van der Waals surface area contributed by atoms with E-state index in [1.54, 1.807) is 7.11 Å². The minimum atomic E-state index is -0.115. The molecule has 7 heteroatoms. The molecule has 0 saturated carbocycles. The lowest BCUT2D eigenvalue weighted by molar-refractivity contribution is 0.415. The Labute approximate surface area is 210 Å². The van der Waals surface area contributed by atoms with Gasteiger partial charge in [-0.2, -0.15) is 0 Å². The highest BCUT2D eigenvalue weighted by Gasteiger charge is 2.42. The van der Waals surface area contributed by atoms with Gasteiger partial charge in [0.25, 0.3) is 0 Å². The molecule has 172 valence electrons. The Morgan fingerprint density at radius 1 is 1.00 bits per heavy atom. The van der Waals surface area contributed by atoms with Crippen molar-refractivity contribution in [1.82, 2.24) is 14.9 Å². The van der Waals surface area contributed by atoms with Crippen molar-refractivity contribution >= 4 is 34.6 Å². The van der Waals surface area contributed by atoms with E-state index >= 15 is 0 Å². The van der Waals surface area contributed by atoms with E-state index in [1.807, 2.05) is 72.9 Å². The number of rotatable bonds is 5. The number of methoxy groups -OCH3 is 1. The van der Waals surface area contributed by atoms with Crippen molar-refractivity contribution in [2.24, 2.45) is 0 Å². The number of pyridine rings is 1. The Kier molecular flexibility index (Phi) is 6.02. The second-order valence-corrected chi connectivity index (χ2v) is 9.10. The maximum Gasteiger partial charge on any atom is 0.174 e. The molecule has 1 fully saturated rings. The van der Waals surface area contributed by atoms with Crippen molar-refractivity contribution in [3.05, 3.63) is 107 Å². The molecule has 1 aliphatic rings. The van der Waals surface area contributed by atoms with E-state index in [0.717, 1.165) is 39.8 Å². The van der Waals surface area contributed by atoms with Crippen molar-refractivity contribution in [1.29, 1.82) is 0 Å². The summed E-state index contributed by atoms with van der Waals surface area (Å²) in [6.07, 6.45) is 1.82. The summed E-state index contributed by atoms with van der Waals surface area (Å²) in [5.41, 5.74) is 6.27. The number of aromatic nitrogens is 2. The van der Waals surface area contributed by atoms with Gasteiger partial charge in [-0.1, -0.05) is 29.8 Å². The van der Waals surface area contributed by atoms with Crippen LogP contribution in [0.1, 0.15) is 34.7 Å². The second-order valence-electron chi connectivity index (χ2n) is 8.31. The summed E-state index contributed by atoms with van der Waals surface area (Å²) in [6.45, 7) is 4.24. The molecule has 0 radical (unpaired) electrons. The fourth-order valence-electron chi connectivity index (χ4n) is 4.78. The standard InChI is InChI=1S/C27H25ClN4OS/c1-17-16-21(18(2)31(17)24-10-5-4-8-22(24)28)26-25(23-9-6-7-15-29-23)30-27(34)32(26)19-11-13-20(33-3)14-12-19/h4-16,25-26H,1-3H3,(H,30,34)/t25-,26+/m1/s1. The zero-order valence-electron chi connectivity index (χ0n) is 19.2. The van der Waals surface area contributed by atoms with Crippen LogP contribution in [0.3, 0.4) is 0 Å². The molecule has 4 aromatic rings. The number of nitrogens with one attached hydrogen (secondary N) is 1. The molecular weight excluding hydrogens is 464 g/mol. The van der Waals surface area contributed by atoms with Gasteiger partial charge in [-0.3, -0.25) is 4.98 Å². The molecule has 5 nitrogen and oxygen atoms in total. The summed E-state index contributed by atoms with van der Waals surface area (Å²) in [5.74, 6) is 0.802. The topological polar surface area (TPSA) is 42.3 Å². The minimum absolute atomic E-state index is 0.0989. The lowest BCUT2D eigenvalue weighted by Crippen LogP contribution is -2.29. The number of ether oxygens (including phenoxy) is 1. The normalized spacial score (nSPS) is 17.6. The van der Waals surface area contributed by atoms with Gasteiger partial charge in [0.05, 0.1) is 35.6 Å². The number of nitrogens with zero attached hydrogens (tertiary/aromatic N) is 3.